The van der Waals surface area contributed by atoms with Gasteiger partial charge in [-0.05, 0) is 77.0 Å². The Bertz CT molecular complexity index is 1080. The van der Waals surface area contributed by atoms with E-state index in [0.717, 1.165) is 83.5 Å². The molecule has 3 atom stereocenters. The molecule has 0 radical (unpaired) electrons. The molecule has 0 saturated carbocycles. The molecule has 6 heteroatoms. The summed E-state index contributed by atoms with van der Waals surface area (Å²) in [5.41, 5.74) is 0. The van der Waals surface area contributed by atoms with Crippen molar-refractivity contribution in [3.63, 3.8) is 0 Å². The first-order chi connectivity index (χ1) is 29.5. The third-order valence-electron chi connectivity index (χ3n) is 11.4. The van der Waals surface area contributed by atoms with Crippen LogP contribution in [-0.2, 0) is 14.3 Å². The number of aliphatic hydroxyl groups excluding tert-OH is 2. The number of carbonyl (C=O) groups is 2. The van der Waals surface area contributed by atoms with Crippen LogP contribution >= 0.6 is 0 Å². The highest BCUT2D eigenvalue weighted by molar-refractivity contribution is 5.77. The molecule has 0 aliphatic heterocycles. The number of amides is 1. The molecule has 0 bridgehead atoms. The second kappa shape index (κ2) is 47.6. The van der Waals surface area contributed by atoms with Gasteiger partial charge in [0.1, 0.15) is 6.10 Å². The van der Waals surface area contributed by atoms with Gasteiger partial charge in [-0.15, -0.1) is 0 Å². The van der Waals surface area contributed by atoms with Crippen molar-refractivity contribution in [2.45, 2.75) is 264 Å². The number of allylic oxidation sites excluding steroid dienone is 10. The van der Waals surface area contributed by atoms with Gasteiger partial charge in [-0.3, -0.25) is 9.59 Å². The number of carbonyl (C=O) groups excluding carboxylic acids is 2. The first-order valence-electron chi connectivity index (χ1n) is 25.6. The zero-order valence-electron chi connectivity index (χ0n) is 39.6. The molecule has 6 nitrogen and oxygen atoms in total. The van der Waals surface area contributed by atoms with Gasteiger partial charge in [0.15, 0.2) is 0 Å². The highest BCUT2D eigenvalue weighted by Gasteiger charge is 2.24. The van der Waals surface area contributed by atoms with Crippen LogP contribution < -0.4 is 5.32 Å². The Hall–Kier alpha value is -2.44. The molecule has 0 aromatic heterocycles. The van der Waals surface area contributed by atoms with Crippen molar-refractivity contribution in [3.8, 4) is 0 Å². The van der Waals surface area contributed by atoms with Crippen LogP contribution in [0.1, 0.15) is 245 Å². The number of nitrogens with one attached hydrogen (secondary N) is 1. The van der Waals surface area contributed by atoms with E-state index in [0.29, 0.717) is 19.3 Å². The van der Waals surface area contributed by atoms with Crippen molar-refractivity contribution < 1.29 is 24.5 Å². The average molecular weight is 840 g/mol. The summed E-state index contributed by atoms with van der Waals surface area (Å²) in [6, 6.07) is -0.718. The Kier molecular flexibility index (Phi) is 45.7. The lowest BCUT2D eigenvalue weighted by molar-refractivity contribution is -0.151. The van der Waals surface area contributed by atoms with Gasteiger partial charge in [0, 0.05) is 6.42 Å². The molecule has 1 amide bonds. The molecular formula is C54H97NO5. The van der Waals surface area contributed by atoms with Crippen LogP contribution in [-0.4, -0.2) is 46.9 Å². The number of rotatable bonds is 45. The fourth-order valence-electron chi connectivity index (χ4n) is 7.49. The molecule has 0 aliphatic rings. The number of aliphatic hydroxyl groups is 2. The quantitative estimate of drug-likeness (QED) is 0.0246. The van der Waals surface area contributed by atoms with E-state index in [4.69, 9.17) is 4.74 Å². The normalized spacial score (nSPS) is 13.8. The van der Waals surface area contributed by atoms with Crippen molar-refractivity contribution in [3.05, 3.63) is 60.8 Å². The molecule has 0 aromatic rings. The molecule has 0 saturated heterocycles. The topological polar surface area (TPSA) is 95.9 Å². The van der Waals surface area contributed by atoms with E-state index in [1.165, 1.54) is 116 Å². The second-order valence-corrected chi connectivity index (χ2v) is 17.3. The van der Waals surface area contributed by atoms with Crippen LogP contribution in [0, 0.1) is 0 Å². The van der Waals surface area contributed by atoms with E-state index in [2.05, 4.69) is 80.8 Å². The predicted molar refractivity (Wildman–Crippen MR) is 259 cm³/mol. The Morgan fingerprint density at radius 2 is 0.867 bits per heavy atom. The Labute approximate surface area is 371 Å². The first kappa shape index (κ1) is 57.6. The zero-order chi connectivity index (χ0) is 43.8. The Morgan fingerprint density at radius 3 is 1.38 bits per heavy atom. The summed E-state index contributed by atoms with van der Waals surface area (Å²) in [5.74, 6) is -0.531. The van der Waals surface area contributed by atoms with Crippen molar-refractivity contribution >= 4 is 11.9 Å². The molecule has 60 heavy (non-hydrogen) atoms. The molecule has 348 valence electrons. The SMILES string of the molecule is CCCCC/C=C/C=C/C=C/C=C/CCCCCC(CC(=O)NC(CO)C(O)CCCCCCCCCCCCCC)OC(=O)CCCCC/C=C\CCCCCCCC. The van der Waals surface area contributed by atoms with Crippen LogP contribution in [0.5, 0.6) is 0 Å². The molecule has 0 fully saturated rings. The molecule has 0 aliphatic carbocycles. The highest BCUT2D eigenvalue weighted by atomic mass is 16.5. The van der Waals surface area contributed by atoms with E-state index in [-0.39, 0.29) is 24.9 Å². The largest absolute Gasteiger partial charge is 0.462 e. The van der Waals surface area contributed by atoms with Gasteiger partial charge in [0.05, 0.1) is 25.2 Å². The summed E-state index contributed by atoms with van der Waals surface area (Å²) in [5, 5.41) is 23.7. The summed E-state index contributed by atoms with van der Waals surface area (Å²) >= 11 is 0. The number of unbranched alkanes of at least 4 members (excludes halogenated alkanes) is 26. The maximum absolute atomic E-state index is 13.2. The average Bonchev–Trinajstić information content (AvgIpc) is 3.24. The third kappa shape index (κ3) is 42.3. The van der Waals surface area contributed by atoms with Crippen LogP contribution in [0.15, 0.2) is 60.8 Å². The minimum Gasteiger partial charge on any atom is -0.462 e. The van der Waals surface area contributed by atoms with Gasteiger partial charge < -0.3 is 20.3 Å². The van der Waals surface area contributed by atoms with Crippen LogP contribution in [0.4, 0.5) is 0 Å². The summed E-state index contributed by atoms with van der Waals surface area (Å²) in [4.78, 5) is 26.1. The number of esters is 1. The van der Waals surface area contributed by atoms with Crippen LogP contribution in [0.2, 0.25) is 0 Å². The van der Waals surface area contributed by atoms with Gasteiger partial charge in [0.25, 0.3) is 0 Å². The lowest BCUT2D eigenvalue weighted by Gasteiger charge is -2.24. The monoisotopic (exact) mass is 840 g/mol. The van der Waals surface area contributed by atoms with E-state index in [1.807, 2.05) is 6.08 Å². The van der Waals surface area contributed by atoms with Crippen LogP contribution in [0.25, 0.3) is 0 Å². The molecule has 0 heterocycles. The van der Waals surface area contributed by atoms with Crippen molar-refractivity contribution in [1.82, 2.24) is 5.32 Å². The maximum atomic E-state index is 13.2. The Morgan fingerprint density at radius 1 is 0.483 bits per heavy atom. The molecular weight excluding hydrogens is 743 g/mol. The number of hydrogen-bond acceptors (Lipinski definition) is 5. The number of hydrogen-bond donors (Lipinski definition) is 3. The van der Waals surface area contributed by atoms with Gasteiger partial charge >= 0.3 is 5.97 Å². The van der Waals surface area contributed by atoms with Gasteiger partial charge in [-0.25, -0.2) is 0 Å². The standard InChI is InChI=1S/C54H97NO5/c1-4-7-10-13-16-19-22-25-26-27-29-30-33-36-39-42-45-50(60-54(59)47-44-41-38-35-32-28-23-20-17-14-11-8-5-2)48-53(58)55-51(49-56)52(57)46-43-40-37-34-31-24-21-18-15-12-9-6-3/h16,19,22,25-30,32,50-52,56-57H,4-15,17-18,20-21,23-24,31,33-49H2,1-3H3,(H,55,58)/b19-16+,25-22+,27-26+,30-29+,32-28-. The maximum Gasteiger partial charge on any atom is 0.306 e. The van der Waals surface area contributed by atoms with E-state index >= 15 is 0 Å². The van der Waals surface area contributed by atoms with Crippen molar-refractivity contribution in [2.75, 3.05) is 6.61 Å². The van der Waals surface area contributed by atoms with Gasteiger partial charge in [-0.2, -0.15) is 0 Å². The lowest BCUT2D eigenvalue weighted by Crippen LogP contribution is -2.46. The van der Waals surface area contributed by atoms with Crippen LogP contribution in [0.3, 0.4) is 0 Å². The fourth-order valence-corrected chi connectivity index (χ4v) is 7.49. The second-order valence-electron chi connectivity index (χ2n) is 17.3. The minimum atomic E-state index is -0.801. The molecule has 3 unspecified atom stereocenters. The van der Waals surface area contributed by atoms with Crippen molar-refractivity contribution in [2.24, 2.45) is 0 Å². The van der Waals surface area contributed by atoms with E-state index < -0.39 is 18.2 Å². The molecule has 0 aromatic carbocycles. The predicted octanol–water partition coefficient (Wildman–Crippen LogP) is 15.2. The minimum absolute atomic E-state index is 0.0447. The smallest absolute Gasteiger partial charge is 0.306 e. The number of ether oxygens (including phenoxy) is 1. The van der Waals surface area contributed by atoms with Gasteiger partial charge in [0.2, 0.25) is 5.91 Å². The molecule has 0 rings (SSSR count). The molecule has 3 N–H and O–H groups in total. The zero-order valence-corrected chi connectivity index (χ0v) is 39.6. The summed E-state index contributed by atoms with van der Waals surface area (Å²) < 4.78 is 5.90. The highest BCUT2D eigenvalue weighted by Crippen LogP contribution is 2.17. The summed E-state index contributed by atoms with van der Waals surface area (Å²) in [6.45, 7) is 6.42. The molecule has 0 spiro atoms. The third-order valence-corrected chi connectivity index (χ3v) is 11.4. The van der Waals surface area contributed by atoms with Crippen molar-refractivity contribution in [1.29, 1.82) is 0 Å². The lowest BCUT2D eigenvalue weighted by atomic mass is 10.0. The van der Waals surface area contributed by atoms with E-state index in [9.17, 15) is 19.8 Å². The fraction of sp³-hybridized carbons (Fsp3) is 0.778. The summed E-state index contributed by atoms with van der Waals surface area (Å²) in [6.07, 6.45) is 58.4. The van der Waals surface area contributed by atoms with Gasteiger partial charge in [-0.1, -0.05) is 216 Å². The summed E-state index contributed by atoms with van der Waals surface area (Å²) in [7, 11) is 0. The Balaban J connectivity index is 4.71. The van der Waals surface area contributed by atoms with E-state index in [1.54, 1.807) is 0 Å². The first-order valence-corrected chi connectivity index (χ1v) is 25.6.